The second-order valence-corrected chi connectivity index (χ2v) is 6.49. The van der Waals surface area contributed by atoms with Crippen LogP contribution in [0.3, 0.4) is 0 Å². The molecule has 0 saturated heterocycles. The van der Waals surface area contributed by atoms with Crippen LogP contribution < -0.4 is 15.4 Å². The van der Waals surface area contributed by atoms with Crippen molar-refractivity contribution in [2.24, 2.45) is 4.99 Å². The van der Waals surface area contributed by atoms with Gasteiger partial charge in [-0.25, -0.2) is 0 Å². The molecule has 5 heteroatoms. The number of hydrogen-bond acceptors (Lipinski definition) is 3. The minimum Gasteiger partial charge on any atom is -0.490 e. The second-order valence-electron chi connectivity index (χ2n) is 6.49. The largest absolute Gasteiger partial charge is 0.490 e. The van der Waals surface area contributed by atoms with E-state index in [2.05, 4.69) is 72.6 Å². The number of ether oxygens (including phenoxy) is 1. The predicted octanol–water partition coefficient (Wildman–Crippen LogP) is 3.74. The van der Waals surface area contributed by atoms with Gasteiger partial charge in [-0.3, -0.25) is 9.98 Å². The molecule has 1 aromatic heterocycles. The standard InChI is InChI=1S/C21H30N4O/c1-6-17(4)26-20-12-15(2)9-10-18(20)13-24-21(22-5)25-14-19-16(3)8-7-11-23-19/h7-12,17H,6,13-14H2,1-5H3,(H2,22,24,25). The van der Waals surface area contributed by atoms with Crippen LogP contribution in [0.2, 0.25) is 0 Å². The summed E-state index contributed by atoms with van der Waals surface area (Å²) in [4.78, 5) is 8.70. The summed E-state index contributed by atoms with van der Waals surface area (Å²) in [5.41, 5.74) is 4.50. The Kier molecular flexibility index (Phi) is 7.45. The summed E-state index contributed by atoms with van der Waals surface area (Å²) in [5, 5.41) is 6.67. The van der Waals surface area contributed by atoms with E-state index in [1.807, 2.05) is 12.3 Å². The molecule has 1 unspecified atom stereocenters. The lowest BCUT2D eigenvalue weighted by molar-refractivity contribution is 0.215. The summed E-state index contributed by atoms with van der Waals surface area (Å²) in [6.45, 7) is 9.64. The van der Waals surface area contributed by atoms with E-state index >= 15 is 0 Å². The van der Waals surface area contributed by atoms with Gasteiger partial charge in [0.1, 0.15) is 5.75 Å². The number of nitrogens with zero attached hydrogens (tertiary/aromatic N) is 2. The van der Waals surface area contributed by atoms with Crippen LogP contribution in [0.15, 0.2) is 41.5 Å². The molecule has 0 spiro atoms. The lowest BCUT2D eigenvalue weighted by atomic mass is 10.1. The van der Waals surface area contributed by atoms with Gasteiger partial charge in [-0.2, -0.15) is 0 Å². The average molecular weight is 354 g/mol. The zero-order valence-electron chi connectivity index (χ0n) is 16.5. The van der Waals surface area contributed by atoms with Gasteiger partial charge < -0.3 is 15.4 Å². The first-order chi connectivity index (χ1) is 12.5. The third-order valence-electron chi connectivity index (χ3n) is 4.34. The summed E-state index contributed by atoms with van der Waals surface area (Å²) < 4.78 is 6.08. The van der Waals surface area contributed by atoms with Crippen molar-refractivity contribution in [2.75, 3.05) is 7.05 Å². The summed E-state index contributed by atoms with van der Waals surface area (Å²) in [6, 6.07) is 10.3. The van der Waals surface area contributed by atoms with Crippen molar-refractivity contribution in [1.82, 2.24) is 15.6 Å². The van der Waals surface area contributed by atoms with Crippen LogP contribution in [-0.4, -0.2) is 24.1 Å². The Morgan fingerprint density at radius 2 is 1.96 bits per heavy atom. The third-order valence-corrected chi connectivity index (χ3v) is 4.34. The molecule has 26 heavy (non-hydrogen) atoms. The van der Waals surface area contributed by atoms with Crippen molar-refractivity contribution in [3.63, 3.8) is 0 Å². The van der Waals surface area contributed by atoms with Crippen molar-refractivity contribution in [3.05, 3.63) is 58.9 Å². The Morgan fingerprint density at radius 3 is 2.65 bits per heavy atom. The molecule has 2 N–H and O–H groups in total. The fourth-order valence-corrected chi connectivity index (χ4v) is 2.49. The molecule has 0 saturated carbocycles. The maximum atomic E-state index is 6.08. The quantitative estimate of drug-likeness (QED) is 0.587. The number of aromatic nitrogens is 1. The molecule has 0 fully saturated rings. The molecule has 1 atom stereocenters. The number of hydrogen-bond donors (Lipinski definition) is 2. The zero-order chi connectivity index (χ0) is 18.9. The lowest BCUT2D eigenvalue weighted by Crippen LogP contribution is -2.36. The number of aliphatic imine (C=N–C) groups is 1. The number of benzene rings is 1. The third kappa shape index (κ3) is 5.76. The smallest absolute Gasteiger partial charge is 0.191 e. The summed E-state index contributed by atoms with van der Waals surface area (Å²) >= 11 is 0. The first-order valence-electron chi connectivity index (χ1n) is 9.14. The van der Waals surface area contributed by atoms with Gasteiger partial charge in [-0.05, 0) is 50.5 Å². The van der Waals surface area contributed by atoms with Crippen LogP contribution in [0.25, 0.3) is 0 Å². The van der Waals surface area contributed by atoms with Crippen LogP contribution in [0, 0.1) is 13.8 Å². The van der Waals surface area contributed by atoms with E-state index in [1.165, 1.54) is 11.1 Å². The fraction of sp³-hybridized carbons (Fsp3) is 0.429. The number of pyridine rings is 1. The minimum atomic E-state index is 0.195. The lowest BCUT2D eigenvalue weighted by Gasteiger charge is -2.18. The molecule has 140 valence electrons. The Morgan fingerprint density at radius 1 is 1.19 bits per heavy atom. The Balaban J connectivity index is 1.99. The summed E-state index contributed by atoms with van der Waals surface area (Å²) in [7, 11) is 1.77. The highest BCUT2D eigenvalue weighted by Gasteiger charge is 2.09. The molecule has 2 rings (SSSR count). The number of nitrogens with one attached hydrogen (secondary N) is 2. The normalized spacial score (nSPS) is 12.6. The van der Waals surface area contributed by atoms with Gasteiger partial charge in [-0.15, -0.1) is 0 Å². The zero-order valence-corrected chi connectivity index (χ0v) is 16.5. The molecule has 2 aromatic rings. The van der Waals surface area contributed by atoms with Crippen LogP contribution in [-0.2, 0) is 13.1 Å². The SMILES string of the molecule is CCC(C)Oc1cc(C)ccc1CNC(=NC)NCc1ncccc1C. The van der Waals surface area contributed by atoms with E-state index in [4.69, 9.17) is 4.74 Å². The van der Waals surface area contributed by atoms with E-state index in [0.717, 1.165) is 29.4 Å². The highest BCUT2D eigenvalue weighted by molar-refractivity contribution is 5.79. The molecular weight excluding hydrogens is 324 g/mol. The van der Waals surface area contributed by atoms with Crippen molar-refractivity contribution in [1.29, 1.82) is 0 Å². The highest BCUT2D eigenvalue weighted by atomic mass is 16.5. The molecule has 0 radical (unpaired) electrons. The molecular formula is C21H30N4O. The van der Waals surface area contributed by atoms with Crippen LogP contribution >= 0.6 is 0 Å². The maximum absolute atomic E-state index is 6.08. The number of guanidine groups is 1. The van der Waals surface area contributed by atoms with Crippen molar-refractivity contribution < 1.29 is 4.74 Å². The van der Waals surface area contributed by atoms with Crippen molar-refractivity contribution in [3.8, 4) is 5.75 Å². The van der Waals surface area contributed by atoms with Gasteiger partial charge in [0.2, 0.25) is 0 Å². The van der Waals surface area contributed by atoms with Gasteiger partial charge in [0.25, 0.3) is 0 Å². The number of rotatable bonds is 7. The van der Waals surface area contributed by atoms with Gasteiger partial charge in [0.15, 0.2) is 5.96 Å². The van der Waals surface area contributed by atoms with E-state index in [1.54, 1.807) is 7.05 Å². The first kappa shape index (κ1) is 19.8. The maximum Gasteiger partial charge on any atom is 0.191 e. The minimum absolute atomic E-state index is 0.195. The average Bonchev–Trinajstić information content (AvgIpc) is 2.64. The second kappa shape index (κ2) is 9.80. The molecule has 5 nitrogen and oxygen atoms in total. The monoisotopic (exact) mass is 354 g/mol. The molecule has 1 aromatic carbocycles. The Bertz CT molecular complexity index is 743. The molecule has 0 amide bonds. The highest BCUT2D eigenvalue weighted by Crippen LogP contribution is 2.22. The van der Waals surface area contributed by atoms with Gasteiger partial charge in [0, 0.05) is 25.4 Å². The number of aryl methyl sites for hydroxylation is 2. The van der Waals surface area contributed by atoms with Crippen LogP contribution in [0.4, 0.5) is 0 Å². The molecule has 0 aliphatic heterocycles. The van der Waals surface area contributed by atoms with E-state index in [0.29, 0.717) is 13.1 Å². The molecule has 1 heterocycles. The van der Waals surface area contributed by atoms with E-state index < -0.39 is 0 Å². The molecule has 0 aliphatic carbocycles. The molecule has 0 bridgehead atoms. The fourth-order valence-electron chi connectivity index (χ4n) is 2.49. The Hall–Kier alpha value is -2.56. The molecule has 0 aliphatic rings. The predicted molar refractivity (Wildman–Crippen MR) is 108 cm³/mol. The van der Waals surface area contributed by atoms with Crippen molar-refractivity contribution >= 4 is 5.96 Å². The summed E-state index contributed by atoms with van der Waals surface area (Å²) in [5.74, 6) is 1.67. The van der Waals surface area contributed by atoms with Crippen LogP contribution in [0.1, 0.15) is 42.7 Å². The Labute approximate surface area is 156 Å². The topological polar surface area (TPSA) is 58.5 Å². The summed E-state index contributed by atoms with van der Waals surface area (Å²) in [6.07, 6.45) is 2.98. The first-order valence-corrected chi connectivity index (χ1v) is 9.14. The van der Waals surface area contributed by atoms with Crippen molar-refractivity contribution in [2.45, 2.75) is 53.3 Å². The van der Waals surface area contributed by atoms with Gasteiger partial charge in [0.05, 0.1) is 18.3 Å². The van der Waals surface area contributed by atoms with Gasteiger partial charge >= 0.3 is 0 Å². The van der Waals surface area contributed by atoms with Gasteiger partial charge in [-0.1, -0.05) is 25.1 Å². The van der Waals surface area contributed by atoms with E-state index in [9.17, 15) is 0 Å². The van der Waals surface area contributed by atoms with Crippen LogP contribution in [0.5, 0.6) is 5.75 Å². The van der Waals surface area contributed by atoms with E-state index in [-0.39, 0.29) is 6.10 Å².